The van der Waals surface area contributed by atoms with Gasteiger partial charge in [-0.1, -0.05) is 35.9 Å². The fourth-order valence-electron chi connectivity index (χ4n) is 3.61. The number of hydrogen-bond donors (Lipinski definition) is 0. The van der Waals surface area contributed by atoms with E-state index in [0.29, 0.717) is 5.92 Å². The maximum absolute atomic E-state index is 11.3. The number of fused-ring (bicyclic) bond motifs is 1. The second-order valence-corrected chi connectivity index (χ2v) is 5.83. The van der Waals surface area contributed by atoms with Crippen LogP contribution in [0.3, 0.4) is 0 Å². The minimum Gasteiger partial charge on any atom is -0.305 e. The summed E-state index contributed by atoms with van der Waals surface area (Å²) in [5.41, 5.74) is 4.42. The number of carbonyl (C=O) groups is 1. The van der Waals surface area contributed by atoms with Gasteiger partial charge in [0.2, 0.25) is 0 Å². The smallest absolute Gasteiger partial charge is 0.123 e. The Hall–Kier alpha value is -1.41. The summed E-state index contributed by atoms with van der Waals surface area (Å²) in [6.07, 6.45) is 4.38. The Morgan fingerprint density at radius 2 is 2.00 bits per heavy atom. The van der Waals surface area contributed by atoms with Gasteiger partial charge in [-0.3, -0.25) is 0 Å². The molecular weight excluding hydrogens is 234 g/mol. The van der Waals surface area contributed by atoms with E-state index in [1.165, 1.54) is 17.4 Å². The molecule has 1 saturated heterocycles. The quantitative estimate of drug-likeness (QED) is 0.757. The summed E-state index contributed by atoms with van der Waals surface area (Å²) in [5, 5.41) is 0. The lowest BCUT2D eigenvalue weighted by Crippen LogP contribution is -2.40. The molecule has 0 saturated carbocycles. The fraction of sp³-hybridized carbons (Fsp3) is 0.471. The zero-order chi connectivity index (χ0) is 13.2. The average molecular weight is 255 g/mol. The zero-order valence-electron chi connectivity index (χ0n) is 11.5. The average Bonchev–Trinajstić information content (AvgIpc) is 2.47. The summed E-state index contributed by atoms with van der Waals surface area (Å²) in [6, 6.07) is 10.7. The van der Waals surface area contributed by atoms with Gasteiger partial charge in [0.1, 0.15) is 6.29 Å². The minimum absolute atomic E-state index is 0.227. The molecule has 2 nitrogen and oxygen atoms in total. The van der Waals surface area contributed by atoms with Crippen molar-refractivity contribution in [1.29, 1.82) is 0 Å². The van der Waals surface area contributed by atoms with Crippen molar-refractivity contribution < 1.29 is 4.79 Å². The van der Waals surface area contributed by atoms with Gasteiger partial charge >= 0.3 is 0 Å². The van der Waals surface area contributed by atoms with Gasteiger partial charge in [0.15, 0.2) is 0 Å². The van der Waals surface area contributed by atoms with Gasteiger partial charge in [-0.15, -0.1) is 0 Å². The molecule has 1 fully saturated rings. The molecule has 1 heterocycles. The number of nitrogens with zero attached hydrogens (tertiary/aromatic N) is 1. The van der Waals surface area contributed by atoms with Crippen LogP contribution in [-0.4, -0.2) is 31.3 Å². The van der Waals surface area contributed by atoms with E-state index in [-0.39, 0.29) is 5.92 Å². The van der Waals surface area contributed by atoms with E-state index in [4.69, 9.17) is 0 Å². The SMILES string of the molecule is CN1CCC2=C(c3ccccc3)CCC(C=O)C2C1. The zero-order valence-corrected chi connectivity index (χ0v) is 11.5. The fourth-order valence-corrected chi connectivity index (χ4v) is 3.61. The highest BCUT2D eigenvalue weighted by atomic mass is 16.1. The number of rotatable bonds is 2. The largest absolute Gasteiger partial charge is 0.305 e. The standard InChI is InChI=1S/C17H21NO/c1-18-10-9-16-15(13-5-3-2-4-6-13)8-7-14(12-19)17(16)11-18/h2-6,12,14,17H,7-11H2,1H3. The van der Waals surface area contributed by atoms with Crippen molar-refractivity contribution in [3.8, 4) is 0 Å². The maximum atomic E-state index is 11.3. The second kappa shape index (κ2) is 5.30. The van der Waals surface area contributed by atoms with Gasteiger partial charge < -0.3 is 9.69 Å². The highest BCUT2D eigenvalue weighted by molar-refractivity contribution is 5.72. The number of allylic oxidation sites excluding steroid dienone is 1. The first kappa shape index (κ1) is 12.6. The Bertz CT molecular complexity index is 491. The number of piperidine rings is 1. The predicted molar refractivity (Wildman–Crippen MR) is 77.8 cm³/mol. The van der Waals surface area contributed by atoms with Crippen LogP contribution in [0.1, 0.15) is 24.8 Å². The lowest BCUT2D eigenvalue weighted by Gasteiger charge is -2.40. The van der Waals surface area contributed by atoms with Gasteiger partial charge in [0.25, 0.3) is 0 Å². The van der Waals surface area contributed by atoms with E-state index >= 15 is 0 Å². The lowest BCUT2D eigenvalue weighted by molar-refractivity contribution is -0.112. The third-order valence-corrected chi connectivity index (χ3v) is 4.65. The highest BCUT2D eigenvalue weighted by Crippen LogP contribution is 2.42. The van der Waals surface area contributed by atoms with E-state index in [0.717, 1.165) is 32.4 Å². The Labute approximate surface area is 115 Å². The topological polar surface area (TPSA) is 20.3 Å². The van der Waals surface area contributed by atoms with Crippen molar-refractivity contribution in [3.05, 3.63) is 41.5 Å². The molecular formula is C17H21NO. The molecule has 2 heteroatoms. The van der Waals surface area contributed by atoms with E-state index < -0.39 is 0 Å². The molecule has 100 valence electrons. The lowest BCUT2D eigenvalue weighted by atomic mass is 9.71. The van der Waals surface area contributed by atoms with E-state index in [2.05, 4.69) is 42.3 Å². The van der Waals surface area contributed by atoms with Crippen molar-refractivity contribution in [1.82, 2.24) is 4.90 Å². The Morgan fingerprint density at radius 3 is 2.74 bits per heavy atom. The second-order valence-electron chi connectivity index (χ2n) is 5.83. The van der Waals surface area contributed by atoms with Crippen molar-refractivity contribution in [2.45, 2.75) is 19.3 Å². The van der Waals surface area contributed by atoms with Gasteiger partial charge in [-0.2, -0.15) is 0 Å². The third-order valence-electron chi connectivity index (χ3n) is 4.65. The number of carbonyl (C=O) groups excluding carboxylic acids is 1. The molecule has 1 aliphatic carbocycles. The summed E-state index contributed by atoms with van der Waals surface area (Å²) >= 11 is 0. The molecule has 1 aromatic carbocycles. The molecule has 0 bridgehead atoms. The molecule has 0 aromatic heterocycles. The number of benzene rings is 1. The molecule has 2 aliphatic rings. The predicted octanol–water partition coefficient (Wildman–Crippen LogP) is 3.00. The first-order chi connectivity index (χ1) is 9.29. The van der Waals surface area contributed by atoms with Crippen LogP contribution in [0.15, 0.2) is 35.9 Å². The van der Waals surface area contributed by atoms with Crippen LogP contribution >= 0.6 is 0 Å². The molecule has 0 N–H and O–H groups in total. The molecule has 19 heavy (non-hydrogen) atoms. The minimum atomic E-state index is 0.227. The summed E-state index contributed by atoms with van der Waals surface area (Å²) in [4.78, 5) is 13.7. The van der Waals surface area contributed by atoms with Crippen LogP contribution in [0.4, 0.5) is 0 Å². The van der Waals surface area contributed by atoms with Crippen LogP contribution in [-0.2, 0) is 4.79 Å². The van der Waals surface area contributed by atoms with Crippen molar-refractivity contribution >= 4 is 11.9 Å². The third kappa shape index (κ3) is 2.37. The van der Waals surface area contributed by atoms with Crippen LogP contribution in [0.25, 0.3) is 5.57 Å². The molecule has 0 amide bonds. The highest BCUT2D eigenvalue weighted by Gasteiger charge is 2.34. The van der Waals surface area contributed by atoms with Crippen molar-refractivity contribution in [3.63, 3.8) is 0 Å². The molecule has 1 aliphatic heterocycles. The Morgan fingerprint density at radius 1 is 1.21 bits per heavy atom. The monoisotopic (exact) mass is 255 g/mol. The van der Waals surface area contributed by atoms with E-state index in [9.17, 15) is 4.79 Å². The van der Waals surface area contributed by atoms with Crippen LogP contribution < -0.4 is 0 Å². The molecule has 2 unspecified atom stereocenters. The molecule has 0 radical (unpaired) electrons. The van der Waals surface area contributed by atoms with Crippen molar-refractivity contribution in [2.24, 2.45) is 11.8 Å². The molecule has 1 aromatic rings. The maximum Gasteiger partial charge on any atom is 0.123 e. The first-order valence-corrected chi connectivity index (χ1v) is 7.21. The van der Waals surface area contributed by atoms with Gasteiger partial charge in [-0.05, 0) is 37.4 Å². The first-order valence-electron chi connectivity index (χ1n) is 7.21. The number of aldehydes is 1. The number of hydrogen-bond acceptors (Lipinski definition) is 2. The summed E-state index contributed by atoms with van der Waals surface area (Å²) < 4.78 is 0. The van der Waals surface area contributed by atoms with Crippen LogP contribution in [0.2, 0.25) is 0 Å². The van der Waals surface area contributed by atoms with Crippen molar-refractivity contribution in [2.75, 3.05) is 20.1 Å². The van der Waals surface area contributed by atoms with Gasteiger partial charge in [-0.25, -0.2) is 0 Å². The molecule has 2 atom stereocenters. The van der Waals surface area contributed by atoms with Gasteiger partial charge in [0, 0.05) is 24.9 Å². The van der Waals surface area contributed by atoms with Crippen LogP contribution in [0, 0.1) is 11.8 Å². The Kier molecular flexibility index (Phi) is 3.52. The van der Waals surface area contributed by atoms with Gasteiger partial charge in [0.05, 0.1) is 0 Å². The number of likely N-dealkylation sites (tertiary alicyclic amines) is 1. The normalized spacial score (nSPS) is 28.1. The van der Waals surface area contributed by atoms with E-state index in [1.807, 2.05) is 0 Å². The summed E-state index contributed by atoms with van der Waals surface area (Å²) in [5.74, 6) is 0.672. The summed E-state index contributed by atoms with van der Waals surface area (Å²) in [6.45, 7) is 2.16. The Balaban J connectivity index is 2.01. The van der Waals surface area contributed by atoms with E-state index in [1.54, 1.807) is 5.57 Å². The molecule has 0 spiro atoms. The summed E-state index contributed by atoms with van der Waals surface area (Å²) in [7, 11) is 2.16. The van der Waals surface area contributed by atoms with Crippen LogP contribution in [0.5, 0.6) is 0 Å². The molecule has 3 rings (SSSR count).